The number of benzene rings is 1. The van der Waals surface area contributed by atoms with Crippen molar-refractivity contribution in [1.29, 1.82) is 0 Å². The Balaban J connectivity index is 2.29. The van der Waals surface area contributed by atoms with Crippen molar-refractivity contribution >= 4 is 29.7 Å². The minimum absolute atomic E-state index is 0.103. The molecule has 0 saturated carbocycles. The summed E-state index contributed by atoms with van der Waals surface area (Å²) in [4.78, 5) is 60.6. The van der Waals surface area contributed by atoms with Crippen molar-refractivity contribution in [2.75, 3.05) is 0 Å². The van der Waals surface area contributed by atoms with E-state index in [0.717, 1.165) is 11.0 Å². The van der Waals surface area contributed by atoms with E-state index in [2.05, 4.69) is 0 Å². The first-order valence-electron chi connectivity index (χ1n) is 8.08. The van der Waals surface area contributed by atoms with Gasteiger partial charge in [-0.2, -0.15) is 0 Å². The van der Waals surface area contributed by atoms with Crippen LogP contribution in [0, 0.1) is 11.7 Å². The van der Waals surface area contributed by atoms with Crippen LogP contribution in [-0.4, -0.2) is 45.8 Å². The minimum atomic E-state index is -1.81. The molecule has 2 atom stereocenters. The van der Waals surface area contributed by atoms with Gasteiger partial charge in [0.25, 0.3) is 5.91 Å². The number of urea groups is 1. The van der Waals surface area contributed by atoms with E-state index >= 15 is 0 Å². The van der Waals surface area contributed by atoms with Crippen LogP contribution >= 0.6 is 0 Å². The van der Waals surface area contributed by atoms with E-state index in [-0.39, 0.29) is 5.56 Å². The molecule has 1 saturated heterocycles. The maximum Gasteiger partial charge on any atom is 0.405 e. The molecule has 0 bridgehead atoms. The first-order chi connectivity index (χ1) is 12.6. The van der Waals surface area contributed by atoms with Gasteiger partial charge >= 0.3 is 12.1 Å². The fraction of sp³-hybridized carbons (Fsp3) is 0.353. The van der Waals surface area contributed by atoms with Gasteiger partial charge in [-0.15, -0.1) is 0 Å². The van der Waals surface area contributed by atoms with E-state index in [1.165, 1.54) is 32.0 Å². The van der Waals surface area contributed by atoms with E-state index in [1.807, 2.05) is 10.6 Å². The molecular formula is C17H18FN3O6. The molecule has 1 aromatic rings. The van der Waals surface area contributed by atoms with Gasteiger partial charge in [-0.3, -0.25) is 24.6 Å². The van der Waals surface area contributed by atoms with Gasteiger partial charge in [0.1, 0.15) is 5.82 Å². The lowest BCUT2D eigenvalue weighted by molar-refractivity contribution is -0.148. The zero-order chi connectivity index (χ0) is 20.3. The molecule has 2 rings (SSSR count). The highest BCUT2D eigenvalue weighted by Crippen LogP contribution is 2.24. The van der Waals surface area contributed by atoms with Crippen LogP contribution in [0.1, 0.15) is 31.9 Å². The molecule has 27 heavy (non-hydrogen) atoms. The maximum atomic E-state index is 14.0. The van der Waals surface area contributed by atoms with Gasteiger partial charge in [0.2, 0.25) is 5.91 Å². The summed E-state index contributed by atoms with van der Waals surface area (Å²) in [6, 6.07) is 2.39. The molecule has 0 aliphatic carbocycles. The molecule has 10 heteroatoms. The molecular weight excluding hydrogens is 361 g/mol. The maximum absolute atomic E-state index is 14.0. The van der Waals surface area contributed by atoms with Crippen LogP contribution in [0.5, 0.6) is 0 Å². The van der Waals surface area contributed by atoms with Crippen LogP contribution in [0.15, 0.2) is 24.3 Å². The van der Waals surface area contributed by atoms with Crippen molar-refractivity contribution in [2.45, 2.75) is 32.4 Å². The highest BCUT2D eigenvalue weighted by Gasteiger charge is 2.46. The summed E-state index contributed by atoms with van der Waals surface area (Å²) in [5, 5.41) is 12.9. The van der Waals surface area contributed by atoms with E-state index in [0.29, 0.717) is 0 Å². The van der Waals surface area contributed by atoms with Crippen LogP contribution in [0.2, 0.25) is 0 Å². The Bertz CT molecular complexity index is 810. The molecule has 1 fully saturated rings. The summed E-state index contributed by atoms with van der Waals surface area (Å²) >= 11 is 0. The molecule has 1 aromatic carbocycles. The standard InChI is InChI=1S/C17H18FN3O6/c1-8(2)21-15(24)13(14(23)20-16(21)25)12(22)7-11(19-17(26)27)9-5-3-4-6-10(9)18/h3-6,8,11,13,19H,7H2,1-2H3,(H,26,27)(H,20,23,25)/t11-,13?/m1/s1. The molecule has 9 nitrogen and oxygen atoms in total. The second-order valence-corrected chi connectivity index (χ2v) is 6.22. The summed E-state index contributed by atoms with van der Waals surface area (Å²) in [6.45, 7) is 3.06. The molecule has 0 spiro atoms. The van der Waals surface area contributed by atoms with Crippen LogP contribution < -0.4 is 10.6 Å². The Kier molecular flexibility index (Phi) is 5.88. The van der Waals surface area contributed by atoms with Crippen LogP contribution in [-0.2, 0) is 14.4 Å². The quantitative estimate of drug-likeness (QED) is 0.636. The van der Waals surface area contributed by atoms with Crippen LogP contribution in [0.4, 0.5) is 14.0 Å². The summed E-state index contributed by atoms with van der Waals surface area (Å²) in [6.07, 6.45) is -2.15. The zero-order valence-electron chi connectivity index (χ0n) is 14.6. The highest BCUT2D eigenvalue weighted by molar-refractivity contribution is 6.26. The number of hydrogen-bond acceptors (Lipinski definition) is 5. The monoisotopic (exact) mass is 379 g/mol. The number of Topliss-reactive ketones (excluding diaryl/α,β-unsaturated/α-hetero) is 1. The molecule has 3 N–H and O–H groups in total. The molecule has 1 aliphatic rings. The number of ketones is 1. The van der Waals surface area contributed by atoms with E-state index in [1.54, 1.807) is 0 Å². The van der Waals surface area contributed by atoms with Gasteiger partial charge in [-0.25, -0.2) is 14.0 Å². The lowest BCUT2D eigenvalue weighted by Crippen LogP contribution is -2.61. The minimum Gasteiger partial charge on any atom is -0.465 e. The number of carbonyl (C=O) groups excluding carboxylic acids is 4. The van der Waals surface area contributed by atoms with Gasteiger partial charge < -0.3 is 10.4 Å². The van der Waals surface area contributed by atoms with E-state index in [4.69, 9.17) is 5.11 Å². The van der Waals surface area contributed by atoms with Crippen LogP contribution in [0.25, 0.3) is 0 Å². The largest absolute Gasteiger partial charge is 0.465 e. The van der Waals surface area contributed by atoms with E-state index < -0.39 is 60.0 Å². The molecule has 1 aliphatic heterocycles. The first kappa shape index (κ1) is 20.0. The average Bonchev–Trinajstić information content (AvgIpc) is 2.53. The summed E-state index contributed by atoms with van der Waals surface area (Å²) in [5.74, 6) is -5.57. The van der Waals surface area contributed by atoms with Crippen molar-refractivity contribution in [1.82, 2.24) is 15.5 Å². The third-order valence-electron chi connectivity index (χ3n) is 4.02. The Labute approximate surface area is 153 Å². The highest BCUT2D eigenvalue weighted by atomic mass is 19.1. The number of barbiturate groups is 1. The normalized spacial score (nSPS) is 18.3. The Hall–Kier alpha value is -3.30. The third-order valence-corrected chi connectivity index (χ3v) is 4.02. The predicted octanol–water partition coefficient (Wildman–Crippen LogP) is 1.20. The summed E-state index contributed by atoms with van der Waals surface area (Å²) in [5.41, 5.74) is -0.103. The number of carbonyl (C=O) groups is 5. The fourth-order valence-electron chi connectivity index (χ4n) is 2.83. The zero-order valence-corrected chi connectivity index (χ0v) is 14.6. The number of nitrogens with one attached hydrogen (secondary N) is 2. The smallest absolute Gasteiger partial charge is 0.405 e. The SMILES string of the molecule is CC(C)N1C(=O)NC(=O)C(C(=O)C[C@@H](NC(=O)O)c2ccccc2F)C1=O. The van der Waals surface area contributed by atoms with Crippen molar-refractivity contribution in [3.05, 3.63) is 35.6 Å². The van der Waals surface area contributed by atoms with Gasteiger partial charge in [0.15, 0.2) is 11.7 Å². The topological polar surface area (TPSA) is 133 Å². The number of halogens is 1. The Morgan fingerprint density at radius 3 is 2.44 bits per heavy atom. The van der Waals surface area contributed by atoms with Gasteiger partial charge in [-0.05, 0) is 19.9 Å². The third kappa shape index (κ3) is 4.27. The molecule has 0 radical (unpaired) electrons. The number of nitrogens with zero attached hydrogens (tertiary/aromatic N) is 1. The number of amides is 5. The summed E-state index contributed by atoms with van der Waals surface area (Å²) < 4.78 is 14.0. The molecule has 0 aromatic heterocycles. The predicted molar refractivity (Wildman–Crippen MR) is 88.9 cm³/mol. The van der Waals surface area contributed by atoms with E-state index in [9.17, 15) is 28.4 Å². The van der Waals surface area contributed by atoms with Crippen molar-refractivity contribution in [3.63, 3.8) is 0 Å². The van der Waals surface area contributed by atoms with Gasteiger partial charge in [-0.1, -0.05) is 18.2 Å². The van der Waals surface area contributed by atoms with Gasteiger partial charge in [0.05, 0.1) is 6.04 Å². The molecule has 144 valence electrons. The number of rotatable bonds is 6. The number of carboxylic acid groups (broad SMARTS) is 1. The second-order valence-electron chi connectivity index (χ2n) is 6.22. The lowest BCUT2D eigenvalue weighted by atomic mass is 9.91. The second kappa shape index (κ2) is 7.94. The fourth-order valence-corrected chi connectivity index (χ4v) is 2.83. The Morgan fingerprint density at radius 1 is 1.26 bits per heavy atom. The number of hydrogen-bond donors (Lipinski definition) is 3. The van der Waals surface area contributed by atoms with Crippen LogP contribution in [0.3, 0.4) is 0 Å². The van der Waals surface area contributed by atoms with Crippen molar-refractivity contribution in [2.24, 2.45) is 5.92 Å². The van der Waals surface area contributed by atoms with Crippen molar-refractivity contribution < 1.29 is 33.5 Å². The summed E-state index contributed by atoms with van der Waals surface area (Å²) in [7, 11) is 0. The Morgan fingerprint density at radius 2 is 1.89 bits per heavy atom. The van der Waals surface area contributed by atoms with Crippen molar-refractivity contribution in [3.8, 4) is 0 Å². The first-order valence-corrected chi connectivity index (χ1v) is 8.08. The lowest BCUT2D eigenvalue weighted by Gasteiger charge is -2.32. The molecule has 5 amide bonds. The molecule has 1 heterocycles. The van der Waals surface area contributed by atoms with Gasteiger partial charge in [0, 0.05) is 18.0 Å². The number of imide groups is 2. The average molecular weight is 379 g/mol. The molecule has 1 unspecified atom stereocenters.